The molecule has 0 radical (unpaired) electrons. The molecule has 1 N–H and O–H groups in total. The smallest absolute Gasteiger partial charge is 0.226 e. The Morgan fingerprint density at radius 3 is 2.62 bits per heavy atom. The van der Waals surface area contributed by atoms with Gasteiger partial charge in [0.15, 0.2) is 6.10 Å². The lowest BCUT2D eigenvalue weighted by atomic mass is 9.84. The van der Waals surface area contributed by atoms with Crippen LogP contribution in [-0.4, -0.2) is 14.8 Å². The minimum atomic E-state index is -0.706. The van der Waals surface area contributed by atoms with Gasteiger partial charge in [-0.15, -0.1) is 0 Å². The van der Waals surface area contributed by atoms with Crippen molar-refractivity contribution in [3.05, 3.63) is 111 Å². The Bertz CT molecular complexity index is 1400. The highest BCUT2D eigenvalue weighted by Gasteiger charge is 2.42. The number of fused-ring (bicyclic) bond motifs is 3. The molecule has 8 heteroatoms. The summed E-state index contributed by atoms with van der Waals surface area (Å²) in [5.74, 6) is 0.860. The SMILES string of the molecule is Fc1ccccc1[C@H]1Oc2ccccc2C2=C1[C@H](c1ccc(Cl)cc1Cl)n1ncnc1N2. The van der Waals surface area contributed by atoms with Crippen LogP contribution in [0.4, 0.5) is 10.3 Å². The molecule has 6 rings (SSSR count). The number of hydrogen-bond acceptors (Lipinski definition) is 4. The van der Waals surface area contributed by atoms with E-state index < -0.39 is 12.1 Å². The van der Waals surface area contributed by atoms with Crippen LogP contribution in [0.15, 0.2) is 78.6 Å². The predicted molar refractivity (Wildman–Crippen MR) is 121 cm³/mol. The second kappa shape index (κ2) is 7.36. The summed E-state index contributed by atoms with van der Waals surface area (Å²) in [6.07, 6.45) is 0.769. The maximum Gasteiger partial charge on any atom is 0.226 e. The fourth-order valence-corrected chi connectivity index (χ4v) is 4.90. The minimum absolute atomic E-state index is 0.353. The van der Waals surface area contributed by atoms with Gasteiger partial charge in [-0.3, -0.25) is 0 Å². The highest BCUT2D eigenvalue weighted by molar-refractivity contribution is 6.35. The van der Waals surface area contributed by atoms with Crippen molar-refractivity contribution in [1.82, 2.24) is 14.8 Å². The molecule has 2 aliphatic rings. The number of ether oxygens (including phenoxy) is 1. The van der Waals surface area contributed by atoms with E-state index in [2.05, 4.69) is 15.4 Å². The van der Waals surface area contributed by atoms with Crippen LogP contribution < -0.4 is 10.1 Å². The quantitative estimate of drug-likeness (QED) is 0.379. The van der Waals surface area contributed by atoms with Gasteiger partial charge >= 0.3 is 0 Å². The number of para-hydroxylation sites is 1. The molecule has 0 fully saturated rings. The van der Waals surface area contributed by atoms with Crippen molar-refractivity contribution in [3.8, 4) is 5.75 Å². The molecule has 0 amide bonds. The van der Waals surface area contributed by atoms with E-state index in [-0.39, 0.29) is 5.82 Å². The summed E-state index contributed by atoms with van der Waals surface area (Å²) in [5.41, 5.74) is 3.64. The van der Waals surface area contributed by atoms with Gasteiger partial charge in [0.05, 0.1) is 5.70 Å². The molecule has 3 heterocycles. The number of rotatable bonds is 2. The second-order valence-corrected chi connectivity index (χ2v) is 8.41. The molecule has 3 aromatic carbocycles. The lowest BCUT2D eigenvalue weighted by molar-refractivity contribution is 0.218. The van der Waals surface area contributed by atoms with Gasteiger partial charge < -0.3 is 10.1 Å². The van der Waals surface area contributed by atoms with Crippen molar-refractivity contribution in [2.75, 3.05) is 5.32 Å². The topological polar surface area (TPSA) is 52.0 Å². The van der Waals surface area contributed by atoms with Crippen LogP contribution in [0.5, 0.6) is 5.75 Å². The lowest BCUT2D eigenvalue weighted by Gasteiger charge is -2.39. The second-order valence-electron chi connectivity index (χ2n) is 7.57. The summed E-state index contributed by atoms with van der Waals surface area (Å²) in [6, 6.07) is 19.1. The fraction of sp³-hybridized carbons (Fsp3) is 0.0833. The van der Waals surface area contributed by atoms with Crippen LogP contribution in [0.2, 0.25) is 10.0 Å². The molecule has 32 heavy (non-hydrogen) atoms. The maximum atomic E-state index is 15.0. The van der Waals surface area contributed by atoms with E-state index in [1.54, 1.807) is 35.0 Å². The van der Waals surface area contributed by atoms with Gasteiger partial charge in [-0.2, -0.15) is 10.1 Å². The average molecular weight is 465 g/mol. The minimum Gasteiger partial charge on any atom is -0.480 e. The van der Waals surface area contributed by atoms with Crippen molar-refractivity contribution in [1.29, 1.82) is 0 Å². The Balaban J connectivity index is 1.66. The zero-order chi connectivity index (χ0) is 21.8. The van der Waals surface area contributed by atoms with Gasteiger partial charge in [0.1, 0.15) is 23.9 Å². The summed E-state index contributed by atoms with van der Waals surface area (Å²) < 4.78 is 23.1. The van der Waals surface area contributed by atoms with E-state index in [4.69, 9.17) is 27.9 Å². The maximum absolute atomic E-state index is 15.0. The molecule has 0 saturated carbocycles. The van der Waals surface area contributed by atoms with Crippen molar-refractivity contribution in [3.63, 3.8) is 0 Å². The summed E-state index contributed by atoms with van der Waals surface area (Å²) >= 11 is 12.8. The lowest BCUT2D eigenvalue weighted by Crippen LogP contribution is -2.32. The molecule has 1 aromatic heterocycles. The molecule has 0 bridgehead atoms. The first-order valence-electron chi connectivity index (χ1n) is 9.98. The van der Waals surface area contributed by atoms with Gasteiger partial charge in [-0.25, -0.2) is 9.07 Å². The van der Waals surface area contributed by atoms with E-state index in [1.807, 2.05) is 30.3 Å². The van der Waals surface area contributed by atoms with Gasteiger partial charge in [0.2, 0.25) is 5.95 Å². The Hall–Kier alpha value is -3.35. The standard InChI is InChI=1S/C24H15Cl2FN4O/c25-13-9-10-14(17(26)11-13)22-20-21(30-24-28-12-29-31(22)24)16-6-2-4-8-19(16)32-23(20)15-5-1-3-7-18(15)27/h1-12,22-23H,(H,28,29,30)/t22-,23+/m0/s1. The first kappa shape index (κ1) is 19.3. The first-order valence-corrected chi connectivity index (χ1v) is 10.7. The number of anilines is 1. The Morgan fingerprint density at radius 2 is 1.78 bits per heavy atom. The third-order valence-electron chi connectivity index (χ3n) is 5.77. The molecule has 5 nitrogen and oxygen atoms in total. The van der Waals surface area contributed by atoms with Gasteiger partial charge in [0.25, 0.3) is 0 Å². The molecule has 4 aromatic rings. The highest BCUT2D eigenvalue weighted by atomic mass is 35.5. The molecule has 0 spiro atoms. The number of halogens is 3. The largest absolute Gasteiger partial charge is 0.480 e. The Labute approximate surface area is 193 Å². The van der Waals surface area contributed by atoms with Gasteiger partial charge in [0, 0.05) is 26.7 Å². The monoisotopic (exact) mass is 464 g/mol. The van der Waals surface area contributed by atoms with Gasteiger partial charge in [-0.05, 0) is 35.9 Å². The zero-order valence-corrected chi connectivity index (χ0v) is 18.0. The average Bonchev–Trinajstić information content (AvgIpc) is 3.26. The van der Waals surface area contributed by atoms with E-state index in [0.717, 1.165) is 22.4 Å². The molecule has 158 valence electrons. The Kier molecular flexibility index (Phi) is 4.45. The first-order chi connectivity index (χ1) is 15.6. The number of aromatic nitrogens is 3. The summed E-state index contributed by atoms with van der Waals surface area (Å²) in [7, 11) is 0. The molecule has 0 saturated heterocycles. The predicted octanol–water partition coefficient (Wildman–Crippen LogP) is 6.28. The molecule has 2 aliphatic heterocycles. The third kappa shape index (κ3) is 2.91. The van der Waals surface area contributed by atoms with E-state index >= 15 is 4.39 Å². The van der Waals surface area contributed by atoms with Crippen molar-refractivity contribution in [2.45, 2.75) is 12.1 Å². The molecular weight excluding hydrogens is 450 g/mol. The van der Waals surface area contributed by atoms with E-state index in [0.29, 0.717) is 27.3 Å². The van der Waals surface area contributed by atoms with E-state index in [1.165, 1.54) is 12.4 Å². The fourth-order valence-electron chi connectivity index (χ4n) is 4.39. The summed E-state index contributed by atoms with van der Waals surface area (Å²) in [6.45, 7) is 0. The highest BCUT2D eigenvalue weighted by Crippen LogP contribution is 2.51. The van der Waals surface area contributed by atoms with Gasteiger partial charge in [-0.1, -0.05) is 59.6 Å². The van der Waals surface area contributed by atoms with Crippen LogP contribution in [-0.2, 0) is 0 Å². The molecular formula is C24H15Cl2FN4O. The van der Waals surface area contributed by atoms with Crippen molar-refractivity contribution in [2.24, 2.45) is 0 Å². The zero-order valence-electron chi connectivity index (χ0n) is 16.5. The number of hydrogen-bond donors (Lipinski definition) is 1. The number of nitrogens with one attached hydrogen (secondary N) is 1. The summed E-state index contributed by atoms with van der Waals surface area (Å²) in [5, 5.41) is 8.83. The molecule has 0 aliphatic carbocycles. The van der Waals surface area contributed by atoms with Crippen LogP contribution >= 0.6 is 23.2 Å². The van der Waals surface area contributed by atoms with Crippen LogP contribution in [0, 0.1) is 5.82 Å². The molecule has 0 unspecified atom stereocenters. The Morgan fingerprint density at radius 1 is 0.969 bits per heavy atom. The number of nitrogens with zero attached hydrogens (tertiary/aromatic N) is 3. The normalized spacial score (nSPS) is 18.8. The van der Waals surface area contributed by atoms with Crippen LogP contribution in [0.1, 0.15) is 28.8 Å². The van der Waals surface area contributed by atoms with Crippen molar-refractivity contribution < 1.29 is 9.13 Å². The van der Waals surface area contributed by atoms with Crippen molar-refractivity contribution >= 4 is 34.8 Å². The van der Waals surface area contributed by atoms with E-state index in [9.17, 15) is 0 Å². The third-order valence-corrected chi connectivity index (χ3v) is 6.33. The molecule has 2 atom stereocenters. The summed E-state index contributed by atoms with van der Waals surface area (Å²) in [4.78, 5) is 4.38. The van der Waals surface area contributed by atoms with Crippen LogP contribution in [0.25, 0.3) is 5.70 Å². The number of benzene rings is 3. The van der Waals surface area contributed by atoms with Crippen LogP contribution in [0.3, 0.4) is 0 Å².